The van der Waals surface area contributed by atoms with Crippen molar-refractivity contribution in [2.75, 3.05) is 19.6 Å². The van der Waals surface area contributed by atoms with Crippen molar-refractivity contribution in [1.82, 2.24) is 10.2 Å². The van der Waals surface area contributed by atoms with Gasteiger partial charge in [-0.1, -0.05) is 19.1 Å². The Morgan fingerprint density at radius 1 is 1.30 bits per heavy atom. The number of carbonyl (C=O) groups is 1. The molecule has 1 aliphatic heterocycles. The lowest BCUT2D eigenvalue weighted by Gasteiger charge is -2.22. The van der Waals surface area contributed by atoms with E-state index < -0.39 is 11.7 Å². The fraction of sp³-hybridized carbons (Fsp3) is 0.500. The third kappa shape index (κ3) is 3.50. The topological polar surface area (TPSA) is 32.3 Å². The highest BCUT2D eigenvalue weighted by Gasteiger charge is 2.30. The maximum atomic E-state index is 12.5. The molecule has 3 nitrogen and oxygen atoms in total. The Morgan fingerprint density at radius 3 is 2.55 bits per heavy atom. The van der Waals surface area contributed by atoms with Gasteiger partial charge in [0.1, 0.15) is 0 Å². The molecule has 1 aromatic rings. The Balaban J connectivity index is 2.07. The van der Waals surface area contributed by atoms with Gasteiger partial charge in [-0.15, -0.1) is 0 Å². The van der Waals surface area contributed by atoms with Gasteiger partial charge in [0.2, 0.25) is 5.91 Å². The van der Waals surface area contributed by atoms with Gasteiger partial charge in [-0.05, 0) is 17.7 Å². The predicted octanol–water partition coefficient (Wildman–Crippen LogP) is 2.27. The Bertz CT molecular complexity index is 470. The van der Waals surface area contributed by atoms with Gasteiger partial charge in [0.15, 0.2) is 0 Å². The molecule has 0 spiro atoms. The molecule has 0 aliphatic carbocycles. The number of benzene rings is 1. The number of nitrogens with zero attached hydrogens (tertiary/aromatic N) is 1. The molecule has 1 atom stereocenters. The zero-order valence-electron chi connectivity index (χ0n) is 11.2. The number of hydrogen-bond donors (Lipinski definition) is 1. The van der Waals surface area contributed by atoms with Crippen LogP contribution in [0.15, 0.2) is 24.3 Å². The average Bonchev–Trinajstić information content (AvgIpc) is 2.54. The first-order chi connectivity index (χ1) is 9.38. The van der Waals surface area contributed by atoms with Crippen LogP contribution in [0.2, 0.25) is 0 Å². The van der Waals surface area contributed by atoms with Crippen LogP contribution in [0.25, 0.3) is 0 Å². The molecule has 1 aliphatic rings. The van der Waals surface area contributed by atoms with E-state index in [-0.39, 0.29) is 11.8 Å². The Labute approximate surface area is 115 Å². The molecule has 110 valence electrons. The zero-order valence-corrected chi connectivity index (χ0v) is 11.2. The number of hydrogen-bond acceptors (Lipinski definition) is 2. The van der Waals surface area contributed by atoms with Crippen molar-refractivity contribution in [3.63, 3.8) is 0 Å². The minimum Gasteiger partial charge on any atom is -0.337 e. The van der Waals surface area contributed by atoms with Crippen molar-refractivity contribution in [3.05, 3.63) is 35.4 Å². The predicted molar refractivity (Wildman–Crippen MR) is 68.9 cm³/mol. The molecule has 6 heteroatoms. The molecule has 0 aromatic heterocycles. The summed E-state index contributed by atoms with van der Waals surface area (Å²) in [4.78, 5) is 13.8. The molecule has 20 heavy (non-hydrogen) atoms. The summed E-state index contributed by atoms with van der Waals surface area (Å²) < 4.78 is 37.4. The number of halogens is 3. The molecule has 1 N–H and O–H groups in total. The smallest absolute Gasteiger partial charge is 0.337 e. The van der Waals surface area contributed by atoms with Gasteiger partial charge >= 0.3 is 6.18 Å². The summed E-state index contributed by atoms with van der Waals surface area (Å²) in [7, 11) is 0. The standard InChI is InChI=1S/C14H17F3N2O/c1-10-8-18-6-7-19(13(10)20)9-11-2-4-12(5-3-11)14(15,16)17/h2-5,10,18H,6-9H2,1H3. The highest BCUT2D eigenvalue weighted by atomic mass is 19.4. The van der Waals surface area contributed by atoms with Gasteiger partial charge in [0.05, 0.1) is 5.56 Å². The highest BCUT2D eigenvalue weighted by molar-refractivity contribution is 5.79. The van der Waals surface area contributed by atoms with E-state index in [4.69, 9.17) is 0 Å². The van der Waals surface area contributed by atoms with Crippen molar-refractivity contribution < 1.29 is 18.0 Å². The van der Waals surface area contributed by atoms with E-state index in [1.54, 1.807) is 4.90 Å². The molecule has 2 rings (SSSR count). The molecular formula is C14H17F3N2O. The average molecular weight is 286 g/mol. The molecule has 1 amide bonds. The number of amides is 1. The Kier molecular flexibility index (Phi) is 4.32. The number of carbonyl (C=O) groups excluding carboxylic acids is 1. The maximum absolute atomic E-state index is 12.5. The van der Waals surface area contributed by atoms with Crippen LogP contribution in [0, 0.1) is 5.92 Å². The monoisotopic (exact) mass is 286 g/mol. The normalized spacial score (nSPS) is 20.9. The summed E-state index contributed by atoms with van der Waals surface area (Å²) in [6.07, 6.45) is -4.32. The van der Waals surface area contributed by atoms with Crippen molar-refractivity contribution >= 4 is 5.91 Å². The molecule has 0 saturated carbocycles. The van der Waals surface area contributed by atoms with Gasteiger partial charge in [-0.2, -0.15) is 13.2 Å². The SMILES string of the molecule is CC1CNCCN(Cc2ccc(C(F)(F)F)cc2)C1=O. The lowest BCUT2D eigenvalue weighted by atomic mass is 10.1. The fourth-order valence-electron chi connectivity index (χ4n) is 2.22. The minimum absolute atomic E-state index is 0.0369. The molecule has 1 heterocycles. The van der Waals surface area contributed by atoms with Crippen LogP contribution >= 0.6 is 0 Å². The second-order valence-corrected chi connectivity index (χ2v) is 5.06. The van der Waals surface area contributed by atoms with E-state index in [0.717, 1.165) is 12.1 Å². The van der Waals surface area contributed by atoms with Crippen molar-refractivity contribution in [2.24, 2.45) is 5.92 Å². The first-order valence-corrected chi connectivity index (χ1v) is 6.53. The van der Waals surface area contributed by atoms with Crippen molar-refractivity contribution in [2.45, 2.75) is 19.6 Å². The van der Waals surface area contributed by atoms with E-state index in [0.29, 0.717) is 31.7 Å². The van der Waals surface area contributed by atoms with Crippen LogP contribution in [0.3, 0.4) is 0 Å². The highest BCUT2D eigenvalue weighted by Crippen LogP contribution is 2.29. The molecule has 0 radical (unpaired) electrons. The van der Waals surface area contributed by atoms with Crippen LogP contribution in [0.4, 0.5) is 13.2 Å². The van der Waals surface area contributed by atoms with Gasteiger partial charge in [0.25, 0.3) is 0 Å². The molecular weight excluding hydrogens is 269 g/mol. The molecule has 1 saturated heterocycles. The summed E-state index contributed by atoms with van der Waals surface area (Å²) in [6.45, 7) is 4.12. The maximum Gasteiger partial charge on any atom is 0.416 e. The van der Waals surface area contributed by atoms with E-state index in [2.05, 4.69) is 5.32 Å². The van der Waals surface area contributed by atoms with Gasteiger partial charge in [-0.3, -0.25) is 4.79 Å². The summed E-state index contributed by atoms with van der Waals surface area (Å²) >= 11 is 0. The first kappa shape index (κ1) is 14.8. The largest absolute Gasteiger partial charge is 0.416 e. The van der Waals surface area contributed by atoms with E-state index >= 15 is 0 Å². The Hall–Kier alpha value is -1.56. The van der Waals surface area contributed by atoms with Crippen molar-refractivity contribution in [3.8, 4) is 0 Å². The van der Waals surface area contributed by atoms with Crippen molar-refractivity contribution in [1.29, 1.82) is 0 Å². The number of rotatable bonds is 2. The minimum atomic E-state index is -4.32. The van der Waals surface area contributed by atoms with Gasteiger partial charge in [-0.25, -0.2) is 0 Å². The lowest BCUT2D eigenvalue weighted by Crippen LogP contribution is -2.34. The van der Waals surface area contributed by atoms with E-state index in [9.17, 15) is 18.0 Å². The van der Waals surface area contributed by atoms with E-state index in [1.165, 1.54) is 12.1 Å². The van der Waals surface area contributed by atoms with E-state index in [1.807, 2.05) is 6.92 Å². The van der Waals surface area contributed by atoms with Crippen LogP contribution < -0.4 is 5.32 Å². The second-order valence-electron chi connectivity index (χ2n) is 5.06. The zero-order chi connectivity index (χ0) is 14.8. The lowest BCUT2D eigenvalue weighted by molar-refractivity contribution is -0.138. The third-order valence-electron chi connectivity index (χ3n) is 3.40. The van der Waals surface area contributed by atoms with Gasteiger partial charge in [0, 0.05) is 32.1 Å². The molecule has 1 fully saturated rings. The summed E-state index contributed by atoms with van der Waals surface area (Å²) in [5.41, 5.74) is 0.0407. The molecule has 1 aromatic carbocycles. The van der Waals surface area contributed by atoms with Crippen LogP contribution in [-0.4, -0.2) is 30.4 Å². The third-order valence-corrected chi connectivity index (χ3v) is 3.40. The number of nitrogens with one attached hydrogen (secondary N) is 1. The van der Waals surface area contributed by atoms with Crippen LogP contribution in [0.5, 0.6) is 0 Å². The van der Waals surface area contributed by atoms with Crippen LogP contribution in [-0.2, 0) is 17.5 Å². The summed E-state index contributed by atoms with van der Waals surface area (Å²) in [6, 6.07) is 4.97. The molecule has 1 unspecified atom stereocenters. The first-order valence-electron chi connectivity index (χ1n) is 6.53. The fourth-order valence-corrected chi connectivity index (χ4v) is 2.22. The van der Waals surface area contributed by atoms with Crippen LogP contribution in [0.1, 0.15) is 18.1 Å². The molecule has 0 bridgehead atoms. The summed E-state index contributed by atoms with van der Waals surface area (Å²) in [5, 5.41) is 3.16. The Morgan fingerprint density at radius 2 is 1.95 bits per heavy atom. The summed E-state index contributed by atoms with van der Waals surface area (Å²) in [5.74, 6) is -0.0677. The second kappa shape index (κ2) is 5.83. The number of alkyl halides is 3. The quantitative estimate of drug-likeness (QED) is 0.904. The van der Waals surface area contributed by atoms with Gasteiger partial charge < -0.3 is 10.2 Å².